The van der Waals surface area contributed by atoms with E-state index in [1.807, 2.05) is 6.07 Å². The Kier molecular flexibility index (Phi) is 7.85. The normalized spacial score (nSPS) is 17.1. The second-order valence-corrected chi connectivity index (χ2v) is 9.37. The third-order valence-electron chi connectivity index (χ3n) is 6.09. The van der Waals surface area contributed by atoms with Crippen molar-refractivity contribution in [2.45, 2.75) is 51.7 Å². The number of rotatable bonds is 7. The van der Waals surface area contributed by atoms with E-state index < -0.39 is 47.7 Å². The third-order valence-corrected chi connectivity index (χ3v) is 6.09. The molecule has 1 heterocycles. The van der Waals surface area contributed by atoms with Crippen LogP contribution in [0.4, 0.5) is 18.0 Å². The maximum Gasteiger partial charge on any atom is 0.492 e. The first-order chi connectivity index (χ1) is 16.7. The lowest BCUT2D eigenvalue weighted by Gasteiger charge is -2.32. The second-order valence-electron chi connectivity index (χ2n) is 9.37. The molecule has 2 aromatic rings. The lowest BCUT2D eigenvalue weighted by Crippen LogP contribution is -2.41. The maximum absolute atomic E-state index is 13.4. The number of carboxylic acid groups (broad SMARTS) is 1. The SMILES string of the molecule is CC1(C)OB(C(=Cc2cc(C(=O)O)cc(C(F)(F)F)c2)CNC(=O)OCc2ccccc2)OC1(C)C. The van der Waals surface area contributed by atoms with Crippen LogP contribution in [0.1, 0.15) is 54.7 Å². The van der Waals surface area contributed by atoms with Gasteiger partial charge in [0.25, 0.3) is 0 Å². The van der Waals surface area contributed by atoms with E-state index in [1.54, 1.807) is 52.0 Å². The van der Waals surface area contributed by atoms with E-state index in [0.717, 1.165) is 17.7 Å². The van der Waals surface area contributed by atoms with Gasteiger partial charge in [-0.05, 0) is 62.5 Å². The average molecular weight is 505 g/mol. The average Bonchev–Trinajstić information content (AvgIpc) is 3.01. The second kappa shape index (κ2) is 10.4. The molecule has 2 N–H and O–H groups in total. The van der Waals surface area contributed by atoms with Gasteiger partial charge in [-0.2, -0.15) is 13.2 Å². The first-order valence-electron chi connectivity index (χ1n) is 11.1. The lowest BCUT2D eigenvalue weighted by molar-refractivity contribution is -0.137. The number of halogens is 3. The van der Waals surface area contributed by atoms with Crippen molar-refractivity contribution in [3.8, 4) is 0 Å². The number of hydrogen-bond acceptors (Lipinski definition) is 5. The molecule has 192 valence electrons. The molecule has 0 aliphatic carbocycles. The van der Waals surface area contributed by atoms with Crippen LogP contribution in [0.3, 0.4) is 0 Å². The highest BCUT2D eigenvalue weighted by atomic mass is 19.4. The number of benzene rings is 2. The minimum absolute atomic E-state index is 0.0256. The Bertz CT molecular complexity index is 1130. The molecule has 0 unspecified atom stereocenters. The third kappa shape index (κ3) is 6.67. The van der Waals surface area contributed by atoms with E-state index in [-0.39, 0.29) is 24.2 Å². The first kappa shape index (κ1) is 27.3. The summed E-state index contributed by atoms with van der Waals surface area (Å²) in [5, 5.41) is 11.9. The minimum Gasteiger partial charge on any atom is -0.478 e. The standard InChI is InChI=1S/C25H27BF3NO6/c1-23(2)24(3,4)36-26(35-23)20(14-30-22(33)34-15-16-8-6-5-7-9-16)12-17-10-18(21(31)32)13-19(11-17)25(27,28)29/h5-13H,14-15H2,1-4H3,(H,30,33)(H,31,32). The summed E-state index contributed by atoms with van der Waals surface area (Å²) in [5.41, 5.74) is -2.14. The van der Waals surface area contributed by atoms with Crippen molar-refractivity contribution in [1.82, 2.24) is 5.32 Å². The summed E-state index contributed by atoms with van der Waals surface area (Å²) in [6.07, 6.45) is -4.18. The van der Waals surface area contributed by atoms with Gasteiger partial charge in [0.15, 0.2) is 0 Å². The van der Waals surface area contributed by atoms with Crippen molar-refractivity contribution in [2.24, 2.45) is 0 Å². The highest BCUT2D eigenvalue weighted by molar-refractivity contribution is 6.56. The van der Waals surface area contributed by atoms with Crippen LogP contribution in [0.15, 0.2) is 54.0 Å². The van der Waals surface area contributed by atoms with Crippen LogP contribution in [-0.4, -0.2) is 42.0 Å². The number of amides is 1. The number of alkyl carbamates (subject to hydrolysis) is 1. The molecule has 2 aromatic carbocycles. The molecule has 0 spiro atoms. The van der Waals surface area contributed by atoms with Crippen LogP contribution in [0, 0.1) is 0 Å². The van der Waals surface area contributed by atoms with Crippen LogP contribution < -0.4 is 5.32 Å². The van der Waals surface area contributed by atoms with Gasteiger partial charge in [-0.3, -0.25) is 0 Å². The molecule has 1 aliphatic rings. The van der Waals surface area contributed by atoms with Crippen LogP contribution in [-0.2, 0) is 26.8 Å². The van der Waals surface area contributed by atoms with E-state index in [2.05, 4.69) is 5.32 Å². The van der Waals surface area contributed by atoms with Gasteiger partial charge in [-0.1, -0.05) is 36.4 Å². The molecule has 11 heteroatoms. The van der Waals surface area contributed by atoms with Gasteiger partial charge in [0.05, 0.1) is 22.3 Å². The molecule has 0 aromatic heterocycles. The van der Waals surface area contributed by atoms with Crippen molar-refractivity contribution < 1.29 is 41.9 Å². The molecule has 0 bridgehead atoms. The van der Waals surface area contributed by atoms with Gasteiger partial charge in [-0.15, -0.1) is 0 Å². The van der Waals surface area contributed by atoms with Crippen LogP contribution in [0.25, 0.3) is 6.08 Å². The predicted octanol–water partition coefficient (Wildman–Crippen LogP) is 5.34. The summed E-state index contributed by atoms with van der Waals surface area (Å²) < 4.78 is 57.4. The fourth-order valence-corrected chi connectivity index (χ4v) is 3.38. The summed E-state index contributed by atoms with van der Waals surface area (Å²) in [6, 6.07) is 11.5. The molecule has 1 saturated heterocycles. The summed E-state index contributed by atoms with van der Waals surface area (Å²) in [5.74, 6) is -1.50. The summed E-state index contributed by atoms with van der Waals surface area (Å²) in [6.45, 7) is 7.07. The Morgan fingerprint density at radius 3 is 2.22 bits per heavy atom. The molecule has 1 aliphatic heterocycles. The number of nitrogens with one attached hydrogen (secondary N) is 1. The largest absolute Gasteiger partial charge is 0.492 e. The molecule has 1 amide bonds. The first-order valence-corrected chi connectivity index (χ1v) is 11.1. The number of ether oxygens (including phenoxy) is 1. The van der Waals surface area contributed by atoms with Gasteiger partial charge in [0, 0.05) is 6.54 Å². The topological polar surface area (TPSA) is 94.1 Å². The molecule has 3 rings (SSSR count). The molecule has 0 atom stereocenters. The number of alkyl halides is 3. The Morgan fingerprint density at radius 2 is 1.67 bits per heavy atom. The van der Waals surface area contributed by atoms with Gasteiger partial charge in [0.1, 0.15) is 6.61 Å². The van der Waals surface area contributed by atoms with Crippen molar-refractivity contribution in [3.63, 3.8) is 0 Å². The highest BCUT2D eigenvalue weighted by Crippen LogP contribution is 2.39. The van der Waals surface area contributed by atoms with Gasteiger partial charge < -0.3 is 24.5 Å². The monoisotopic (exact) mass is 505 g/mol. The number of carboxylic acids is 1. The number of hydrogen-bond donors (Lipinski definition) is 2. The zero-order valence-corrected chi connectivity index (χ0v) is 20.3. The fraction of sp³-hybridized carbons (Fsp3) is 0.360. The number of carbonyl (C=O) groups is 2. The summed E-state index contributed by atoms with van der Waals surface area (Å²) in [4.78, 5) is 23.7. The Hall–Kier alpha value is -3.31. The molecular weight excluding hydrogens is 478 g/mol. The lowest BCUT2D eigenvalue weighted by atomic mass is 9.76. The summed E-state index contributed by atoms with van der Waals surface area (Å²) in [7, 11) is -1.01. The molecular formula is C25H27BF3NO6. The Labute approximate surface area is 207 Å². The van der Waals surface area contributed by atoms with Crippen molar-refractivity contribution in [3.05, 3.63) is 76.3 Å². The molecule has 0 radical (unpaired) electrons. The highest BCUT2D eigenvalue weighted by Gasteiger charge is 2.52. The van der Waals surface area contributed by atoms with Crippen LogP contribution >= 0.6 is 0 Å². The smallest absolute Gasteiger partial charge is 0.478 e. The van der Waals surface area contributed by atoms with Crippen LogP contribution in [0.5, 0.6) is 0 Å². The zero-order chi connectivity index (χ0) is 26.7. The Balaban J connectivity index is 1.89. The van der Waals surface area contributed by atoms with Gasteiger partial charge >= 0.3 is 25.4 Å². The van der Waals surface area contributed by atoms with E-state index in [0.29, 0.717) is 6.07 Å². The molecule has 36 heavy (non-hydrogen) atoms. The zero-order valence-electron chi connectivity index (χ0n) is 20.3. The molecule has 7 nitrogen and oxygen atoms in total. The van der Waals surface area contributed by atoms with Crippen molar-refractivity contribution in [2.75, 3.05) is 6.54 Å². The van der Waals surface area contributed by atoms with E-state index in [1.165, 1.54) is 6.08 Å². The summed E-state index contributed by atoms with van der Waals surface area (Å²) >= 11 is 0. The van der Waals surface area contributed by atoms with Gasteiger partial charge in [0.2, 0.25) is 0 Å². The van der Waals surface area contributed by atoms with Crippen LogP contribution in [0.2, 0.25) is 0 Å². The fourth-order valence-electron chi connectivity index (χ4n) is 3.38. The van der Waals surface area contributed by atoms with Crippen molar-refractivity contribution in [1.29, 1.82) is 0 Å². The van der Waals surface area contributed by atoms with E-state index in [9.17, 15) is 27.9 Å². The van der Waals surface area contributed by atoms with E-state index >= 15 is 0 Å². The number of aromatic carboxylic acids is 1. The number of carbonyl (C=O) groups excluding carboxylic acids is 1. The quantitative estimate of drug-likeness (QED) is 0.494. The van der Waals surface area contributed by atoms with Crippen molar-refractivity contribution >= 4 is 25.3 Å². The predicted molar refractivity (Wildman–Crippen MR) is 127 cm³/mol. The minimum atomic E-state index is -4.75. The Morgan fingerprint density at radius 1 is 1.06 bits per heavy atom. The maximum atomic E-state index is 13.4. The van der Waals surface area contributed by atoms with E-state index in [4.69, 9.17) is 14.0 Å². The molecule has 1 fully saturated rings. The van der Waals surface area contributed by atoms with Gasteiger partial charge in [-0.25, -0.2) is 9.59 Å². The molecule has 0 saturated carbocycles.